The number of carbonyl (C=O) groups excluding carboxylic acids is 2. The number of nitrogens with zero attached hydrogens (tertiary/aromatic N) is 1. The molecule has 0 radical (unpaired) electrons. The number of nitrogens with one attached hydrogen (secondary N) is 1. The number of urea groups is 1. The molecule has 1 aromatic carbocycles. The summed E-state index contributed by atoms with van der Waals surface area (Å²) in [5.41, 5.74) is 6.29. The van der Waals surface area contributed by atoms with Crippen LogP contribution in [0.2, 0.25) is 0 Å². The third kappa shape index (κ3) is 4.15. The quantitative estimate of drug-likeness (QED) is 0.872. The number of carbonyl (C=O) groups is 2. The van der Waals surface area contributed by atoms with Crippen LogP contribution >= 0.6 is 0 Å². The molecule has 1 fully saturated rings. The molecule has 3 N–H and O–H groups in total. The summed E-state index contributed by atoms with van der Waals surface area (Å²) in [7, 11) is 0. The summed E-state index contributed by atoms with van der Waals surface area (Å²) >= 11 is 0. The van der Waals surface area contributed by atoms with Gasteiger partial charge < -0.3 is 25.4 Å². The maximum Gasteiger partial charge on any atom is 0.317 e. The first-order chi connectivity index (χ1) is 12.0. The first-order valence-corrected chi connectivity index (χ1v) is 8.79. The Balaban J connectivity index is 1.58. The van der Waals surface area contributed by atoms with Crippen molar-refractivity contribution in [1.29, 1.82) is 0 Å². The van der Waals surface area contributed by atoms with Gasteiger partial charge in [-0.2, -0.15) is 0 Å². The Labute approximate surface area is 147 Å². The van der Waals surface area contributed by atoms with Crippen molar-refractivity contribution in [1.82, 2.24) is 10.2 Å². The van der Waals surface area contributed by atoms with E-state index in [4.69, 9.17) is 15.2 Å². The second-order valence-electron chi connectivity index (χ2n) is 6.59. The average molecular weight is 347 g/mol. The van der Waals surface area contributed by atoms with Crippen LogP contribution in [0.1, 0.15) is 37.8 Å². The lowest BCUT2D eigenvalue weighted by Gasteiger charge is -2.31. The van der Waals surface area contributed by atoms with Crippen molar-refractivity contribution < 1.29 is 19.1 Å². The maximum atomic E-state index is 12.4. The Bertz CT molecular complexity index is 641. The third-order valence-electron chi connectivity index (χ3n) is 4.80. The van der Waals surface area contributed by atoms with Crippen molar-refractivity contribution in [3.63, 3.8) is 0 Å². The summed E-state index contributed by atoms with van der Waals surface area (Å²) < 4.78 is 11.3. The molecule has 0 aliphatic carbocycles. The SMILES string of the molecule is CC(NC(=O)N1CCC(C(N)=O)CC1)c1ccc2c(c1)OCCCO2. The fourth-order valence-corrected chi connectivity index (χ4v) is 3.18. The number of hydrogen-bond donors (Lipinski definition) is 2. The van der Waals surface area contributed by atoms with Gasteiger partial charge in [0.2, 0.25) is 5.91 Å². The van der Waals surface area contributed by atoms with E-state index in [-0.39, 0.29) is 23.9 Å². The predicted molar refractivity (Wildman–Crippen MR) is 92.5 cm³/mol. The Morgan fingerprint density at radius 2 is 1.88 bits per heavy atom. The highest BCUT2D eigenvalue weighted by atomic mass is 16.5. The van der Waals surface area contributed by atoms with Gasteiger partial charge in [-0.3, -0.25) is 4.79 Å². The van der Waals surface area contributed by atoms with Crippen LogP contribution in [0.3, 0.4) is 0 Å². The monoisotopic (exact) mass is 347 g/mol. The fraction of sp³-hybridized carbons (Fsp3) is 0.556. The zero-order chi connectivity index (χ0) is 17.8. The number of rotatable bonds is 3. The van der Waals surface area contributed by atoms with E-state index in [2.05, 4.69) is 5.32 Å². The van der Waals surface area contributed by atoms with Crippen molar-refractivity contribution >= 4 is 11.9 Å². The van der Waals surface area contributed by atoms with Gasteiger partial charge in [0.25, 0.3) is 0 Å². The van der Waals surface area contributed by atoms with E-state index in [1.54, 1.807) is 4.90 Å². The van der Waals surface area contributed by atoms with Crippen molar-refractivity contribution in [2.24, 2.45) is 11.7 Å². The minimum atomic E-state index is -0.277. The zero-order valence-corrected chi connectivity index (χ0v) is 14.5. The minimum absolute atomic E-state index is 0.122. The second kappa shape index (κ2) is 7.63. The van der Waals surface area contributed by atoms with Crippen molar-refractivity contribution in [2.75, 3.05) is 26.3 Å². The number of ether oxygens (including phenoxy) is 2. The molecule has 2 heterocycles. The van der Waals surface area contributed by atoms with Gasteiger partial charge in [-0.1, -0.05) is 6.07 Å². The van der Waals surface area contributed by atoms with Gasteiger partial charge in [0.1, 0.15) is 0 Å². The number of primary amides is 1. The van der Waals surface area contributed by atoms with Gasteiger partial charge in [-0.15, -0.1) is 0 Å². The molecule has 0 aromatic heterocycles. The molecule has 2 aliphatic rings. The molecule has 3 rings (SSSR count). The molecule has 7 nitrogen and oxygen atoms in total. The van der Waals surface area contributed by atoms with Gasteiger partial charge in [-0.25, -0.2) is 4.79 Å². The molecule has 25 heavy (non-hydrogen) atoms. The number of benzene rings is 1. The molecule has 1 unspecified atom stereocenters. The van der Waals surface area contributed by atoms with Crippen LogP contribution in [-0.4, -0.2) is 43.1 Å². The van der Waals surface area contributed by atoms with Gasteiger partial charge in [0.15, 0.2) is 11.5 Å². The molecule has 3 amide bonds. The minimum Gasteiger partial charge on any atom is -0.490 e. The van der Waals surface area contributed by atoms with Crippen LogP contribution in [0.25, 0.3) is 0 Å². The summed E-state index contributed by atoms with van der Waals surface area (Å²) in [4.78, 5) is 25.4. The highest BCUT2D eigenvalue weighted by Crippen LogP contribution is 2.32. The van der Waals surface area contributed by atoms with E-state index in [9.17, 15) is 9.59 Å². The lowest BCUT2D eigenvalue weighted by atomic mass is 9.96. The van der Waals surface area contributed by atoms with Crippen LogP contribution in [0.5, 0.6) is 11.5 Å². The molecule has 2 aliphatic heterocycles. The number of amides is 3. The molecular formula is C18H25N3O4. The number of fused-ring (bicyclic) bond motifs is 1. The number of nitrogens with two attached hydrogens (primary N) is 1. The van der Waals surface area contributed by atoms with Crippen LogP contribution in [0.4, 0.5) is 4.79 Å². The Morgan fingerprint density at radius 1 is 1.20 bits per heavy atom. The zero-order valence-electron chi connectivity index (χ0n) is 14.5. The largest absolute Gasteiger partial charge is 0.490 e. The topological polar surface area (TPSA) is 93.9 Å². The lowest BCUT2D eigenvalue weighted by molar-refractivity contribution is -0.123. The third-order valence-corrected chi connectivity index (χ3v) is 4.80. The van der Waals surface area contributed by atoms with E-state index in [0.717, 1.165) is 23.5 Å². The second-order valence-corrected chi connectivity index (χ2v) is 6.59. The molecule has 1 saturated heterocycles. The van der Waals surface area contributed by atoms with Crippen LogP contribution in [0, 0.1) is 5.92 Å². The Kier molecular flexibility index (Phi) is 5.31. The van der Waals surface area contributed by atoms with E-state index in [1.165, 1.54) is 0 Å². The average Bonchev–Trinajstić information content (AvgIpc) is 2.86. The lowest BCUT2D eigenvalue weighted by Crippen LogP contribution is -2.46. The molecule has 7 heteroatoms. The molecule has 0 saturated carbocycles. The number of hydrogen-bond acceptors (Lipinski definition) is 4. The fourth-order valence-electron chi connectivity index (χ4n) is 3.18. The normalized spacial score (nSPS) is 19.0. The van der Waals surface area contributed by atoms with Crippen molar-refractivity contribution in [3.05, 3.63) is 23.8 Å². The molecule has 0 bridgehead atoms. The van der Waals surface area contributed by atoms with Gasteiger partial charge in [0.05, 0.1) is 19.3 Å². The first kappa shape index (κ1) is 17.4. The molecule has 136 valence electrons. The summed E-state index contributed by atoms with van der Waals surface area (Å²) in [6, 6.07) is 5.47. The molecule has 1 aromatic rings. The number of piperidine rings is 1. The molecular weight excluding hydrogens is 322 g/mol. The van der Waals surface area contributed by atoms with Crippen molar-refractivity contribution in [3.8, 4) is 11.5 Å². The number of likely N-dealkylation sites (tertiary alicyclic amines) is 1. The van der Waals surface area contributed by atoms with Crippen molar-refractivity contribution in [2.45, 2.75) is 32.2 Å². The summed E-state index contributed by atoms with van der Waals surface area (Å²) in [5, 5.41) is 3.01. The van der Waals surface area contributed by atoms with Crippen LogP contribution < -0.4 is 20.5 Å². The van der Waals surface area contributed by atoms with Gasteiger partial charge >= 0.3 is 6.03 Å². The summed E-state index contributed by atoms with van der Waals surface area (Å²) in [5.74, 6) is 1.07. The van der Waals surface area contributed by atoms with E-state index in [1.807, 2.05) is 25.1 Å². The molecule has 1 atom stereocenters. The Hall–Kier alpha value is -2.44. The van der Waals surface area contributed by atoms with Gasteiger partial charge in [-0.05, 0) is 37.5 Å². The van der Waals surface area contributed by atoms with E-state index < -0.39 is 0 Å². The Morgan fingerprint density at radius 3 is 2.56 bits per heavy atom. The van der Waals surface area contributed by atoms with Crippen LogP contribution in [-0.2, 0) is 4.79 Å². The van der Waals surface area contributed by atoms with E-state index >= 15 is 0 Å². The smallest absolute Gasteiger partial charge is 0.317 e. The molecule has 0 spiro atoms. The summed E-state index contributed by atoms with van der Waals surface area (Å²) in [6.45, 7) is 4.32. The highest BCUT2D eigenvalue weighted by Gasteiger charge is 2.26. The maximum absolute atomic E-state index is 12.4. The van der Waals surface area contributed by atoms with Crippen LogP contribution in [0.15, 0.2) is 18.2 Å². The summed E-state index contributed by atoms with van der Waals surface area (Å²) in [6.07, 6.45) is 2.11. The van der Waals surface area contributed by atoms with E-state index in [0.29, 0.717) is 39.1 Å². The highest BCUT2D eigenvalue weighted by molar-refractivity contribution is 5.78. The standard InChI is InChI=1S/C18H25N3O4/c1-12(14-3-4-15-16(11-14)25-10-2-9-24-15)20-18(23)21-7-5-13(6-8-21)17(19)22/h3-4,11-13H,2,5-10H2,1H3,(H2,19,22)(H,20,23). The first-order valence-electron chi connectivity index (χ1n) is 8.79. The predicted octanol–water partition coefficient (Wildman–Crippen LogP) is 1.82. The van der Waals surface area contributed by atoms with Gasteiger partial charge in [0, 0.05) is 25.4 Å².